The van der Waals surface area contributed by atoms with Crippen LogP contribution in [0.2, 0.25) is 0 Å². The van der Waals surface area contributed by atoms with E-state index in [-0.39, 0.29) is 16.2 Å². The van der Waals surface area contributed by atoms with E-state index in [9.17, 15) is 13.2 Å². The molecule has 0 unspecified atom stereocenters. The number of anilines is 1. The number of nitrogens with one attached hydrogen (secondary N) is 2. The van der Waals surface area contributed by atoms with Gasteiger partial charge in [-0.3, -0.25) is 4.79 Å². The third-order valence-corrected chi connectivity index (χ3v) is 5.33. The summed E-state index contributed by atoms with van der Waals surface area (Å²) in [5.74, 6) is 0.0162. The van der Waals surface area contributed by atoms with Crippen LogP contribution in [0, 0.1) is 0 Å². The first-order chi connectivity index (χ1) is 12.6. The van der Waals surface area contributed by atoms with Crippen LogP contribution in [0.3, 0.4) is 0 Å². The first-order valence-electron chi connectivity index (χ1n) is 8.10. The summed E-state index contributed by atoms with van der Waals surface area (Å²) >= 11 is 0. The molecule has 0 radical (unpaired) electrons. The SMILES string of the molecule is CNS(=O)(=O)c1cc(C(=O)Nc2ccc3c(c2)OC(C)(C)O3)ccc1OC. The zero-order valence-corrected chi connectivity index (χ0v) is 16.1. The second-order valence-corrected chi connectivity index (χ2v) is 8.15. The lowest BCUT2D eigenvalue weighted by Crippen LogP contribution is -2.29. The highest BCUT2D eigenvalue weighted by Crippen LogP contribution is 2.40. The van der Waals surface area contributed by atoms with Gasteiger partial charge in [-0.2, -0.15) is 0 Å². The molecular formula is C18H20N2O6S. The minimum absolute atomic E-state index is 0.118. The summed E-state index contributed by atoms with van der Waals surface area (Å²) in [6.07, 6.45) is 0. The summed E-state index contributed by atoms with van der Waals surface area (Å²) in [5.41, 5.74) is 0.663. The maximum absolute atomic E-state index is 12.6. The Kier molecular flexibility index (Phi) is 4.75. The van der Waals surface area contributed by atoms with Gasteiger partial charge in [0.25, 0.3) is 5.91 Å². The van der Waals surface area contributed by atoms with Crippen molar-refractivity contribution >= 4 is 21.6 Å². The van der Waals surface area contributed by atoms with Crippen LogP contribution in [-0.2, 0) is 10.0 Å². The number of carbonyl (C=O) groups excluding carboxylic acids is 1. The Hall–Kier alpha value is -2.78. The van der Waals surface area contributed by atoms with Crippen molar-refractivity contribution in [2.75, 3.05) is 19.5 Å². The van der Waals surface area contributed by atoms with Crippen LogP contribution >= 0.6 is 0 Å². The fourth-order valence-electron chi connectivity index (χ4n) is 2.64. The average molecular weight is 392 g/mol. The van der Waals surface area contributed by atoms with E-state index in [0.29, 0.717) is 17.2 Å². The highest BCUT2D eigenvalue weighted by atomic mass is 32.2. The molecule has 0 saturated heterocycles. The molecule has 9 heteroatoms. The molecule has 8 nitrogen and oxygen atoms in total. The second-order valence-electron chi connectivity index (χ2n) is 6.29. The van der Waals surface area contributed by atoms with E-state index in [0.717, 1.165) is 0 Å². The number of amides is 1. The van der Waals surface area contributed by atoms with Gasteiger partial charge in [-0.05, 0) is 37.4 Å². The Bertz CT molecular complexity index is 1000. The number of ether oxygens (including phenoxy) is 3. The van der Waals surface area contributed by atoms with Gasteiger partial charge in [-0.15, -0.1) is 0 Å². The summed E-state index contributed by atoms with van der Waals surface area (Å²) in [4.78, 5) is 12.5. The summed E-state index contributed by atoms with van der Waals surface area (Å²) < 4.78 is 42.8. The Morgan fingerprint density at radius 2 is 1.78 bits per heavy atom. The van der Waals surface area contributed by atoms with Crippen LogP contribution in [-0.4, -0.2) is 34.3 Å². The van der Waals surface area contributed by atoms with Crippen LogP contribution in [0.1, 0.15) is 24.2 Å². The number of hydrogen-bond acceptors (Lipinski definition) is 6. The molecule has 1 aliphatic heterocycles. The van der Waals surface area contributed by atoms with Crippen molar-refractivity contribution in [1.82, 2.24) is 4.72 Å². The van der Waals surface area contributed by atoms with Gasteiger partial charge in [0.1, 0.15) is 10.6 Å². The zero-order chi connectivity index (χ0) is 19.8. The van der Waals surface area contributed by atoms with Gasteiger partial charge in [0.05, 0.1) is 7.11 Å². The first kappa shape index (κ1) is 19.0. The molecule has 0 atom stereocenters. The largest absolute Gasteiger partial charge is 0.495 e. The number of rotatable bonds is 5. The molecule has 0 fully saturated rings. The molecule has 2 aromatic rings. The predicted octanol–water partition coefficient (Wildman–Crippen LogP) is 2.36. The molecule has 1 aliphatic rings. The molecule has 0 saturated carbocycles. The maximum atomic E-state index is 12.6. The van der Waals surface area contributed by atoms with Gasteiger partial charge in [-0.1, -0.05) is 0 Å². The van der Waals surface area contributed by atoms with Crippen LogP contribution in [0.5, 0.6) is 17.2 Å². The molecule has 0 spiro atoms. The van der Waals surface area contributed by atoms with Crippen molar-refractivity contribution in [2.45, 2.75) is 24.5 Å². The quantitative estimate of drug-likeness (QED) is 0.810. The molecule has 0 aliphatic carbocycles. The van der Waals surface area contributed by atoms with Crippen LogP contribution in [0.15, 0.2) is 41.3 Å². The van der Waals surface area contributed by atoms with Crippen molar-refractivity contribution < 1.29 is 27.4 Å². The second kappa shape index (κ2) is 6.75. The van der Waals surface area contributed by atoms with E-state index in [2.05, 4.69) is 10.0 Å². The van der Waals surface area contributed by atoms with Gasteiger partial charge >= 0.3 is 0 Å². The predicted molar refractivity (Wildman–Crippen MR) is 99.0 cm³/mol. The van der Waals surface area contributed by atoms with E-state index in [1.165, 1.54) is 32.4 Å². The molecule has 1 amide bonds. The van der Waals surface area contributed by atoms with Crippen molar-refractivity contribution in [3.05, 3.63) is 42.0 Å². The number of sulfonamides is 1. The average Bonchev–Trinajstić information content (AvgIpc) is 2.94. The molecule has 3 rings (SSSR count). The van der Waals surface area contributed by atoms with Gasteiger partial charge in [0, 0.05) is 31.2 Å². The lowest BCUT2D eigenvalue weighted by molar-refractivity contribution is -0.0431. The standard InChI is InChI=1S/C18H20N2O6S/c1-18(2)25-13-8-6-12(10-15(13)26-18)20-17(21)11-5-7-14(24-4)16(9-11)27(22,23)19-3/h5-10,19H,1-4H3,(H,20,21). The van der Waals surface area contributed by atoms with Gasteiger partial charge in [0.2, 0.25) is 15.8 Å². The lowest BCUT2D eigenvalue weighted by atomic mass is 10.2. The molecule has 2 N–H and O–H groups in total. The highest BCUT2D eigenvalue weighted by molar-refractivity contribution is 7.89. The summed E-state index contributed by atoms with van der Waals surface area (Å²) in [5, 5.41) is 2.72. The number of benzene rings is 2. The monoisotopic (exact) mass is 392 g/mol. The molecule has 144 valence electrons. The summed E-state index contributed by atoms with van der Waals surface area (Å²) in [7, 11) is -1.14. The van der Waals surface area contributed by atoms with Gasteiger partial charge in [-0.25, -0.2) is 13.1 Å². The third-order valence-electron chi connectivity index (χ3n) is 3.90. The van der Waals surface area contributed by atoms with Crippen LogP contribution in [0.4, 0.5) is 5.69 Å². The van der Waals surface area contributed by atoms with E-state index < -0.39 is 21.7 Å². The van der Waals surface area contributed by atoms with E-state index in [1.807, 2.05) is 0 Å². The minimum atomic E-state index is -3.78. The highest BCUT2D eigenvalue weighted by Gasteiger charge is 2.31. The number of carbonyl (C=O) groups is 1. The fourth-order valence-corrected chi connectivity index (χ4v) is 3.56. The van der Waals surface area contributed by atoms with Gasteiger partial charge in [0.15, 0.2) is 11.5 Å². The number of methoxy groups -OCH3 is 1. The molecular weight excluding hydrogens is 372 g/mol. The normalized spacial score (nSPS) is 14.7. The maximum Gasteiger partial charge on any atom is 0.255 e. The lowest BCUT2D eigenvalue weighted by Gasteiger charge is -2.16. The molecule has 27 heavy (non-hydrogen) atoms. The minimum Gasteiger partial charge on any atom is -0.495 e. The number of hydrogen-bond donors (Lipinski definition) is 2. The van der Waals surface area contributed by atoms with Crippen molar-refractivity contribution in [2.24, 2.45) is 0 Å². The van der Waals surface area contributed by atoms with E-state index in [1.54, 1.807) is 32.0 Å². The van der Waals surface area contributed by atoms with Crippen LogP contribution in [0.25, 0.3) is 0 Å². The van der Waals surface area contributed by atoms with E-state index >= 15 is 0 Å². The van der Waals surface area contributed by atoms with Crippen molar-refractivity contribution in [3.8, 4) is 17.2 Å². The zero-order valence-electron chi connectivity index (χ0n) is 15.3. The Labute approximate surface area is 157 Å². The molecule has 2 aromatic carbocycles. The van der Waals surface area contributed by atoms with Crippen molar-refractivity contribution in [3.63, 3.8) is 0 Å². The van der Waals surface area contributed by atoms with E-state index in [4.69, 9.17) is 14.2 Å². The molecule has 1 heterocycles. The fraction of sp³-hybridized carbons (Fsp3) is 0.278. The van der Waals surface area contributed by atoms with Crippen molar-refractivity contribution in [1.29, 1.82) is 0 Å². The first-order valence-corrected chi connectivity index (χ1v) is 9.58. The third kappa shape index (κ3) is 3.83. The summed E-state index contributed by atoms with van der Waals surface area (Å²) in [6, 6.07) is 9.20. The number of fused-ring (bicyclic) bond motifs is 1. The molecule has 0 bridgehead atoms. The Morgan fingerprint density at radius 1 is 1.07 bits per heavy atom. The Morgan fingerprint density at radius 3 is 2.44 bits per heavy atom. The van der Waals surface area contributed by atoms with Gasteiger partial charge < -0.3 is 19.5 Å². The topological polar surface area (TPSA) is 103 Å². The molecule has 0 aromatic heterocycles. The van der Waals surface area contributed by atoms with Crippen LogP contribution < -0.4 is 24.2 Å². The Balaban J connectivity index is 1.87. The summed E-state index contributed by atoms with van der Waals surface area (Å²) in [6.45, 7) is 3.57. The smallest absolute Gasteiger partial charge is 0.255 e.